The van der Waals surface area contributed by atoms with Crippen LogP contribution in [0.3, 0.4) is 0 Å². The molecule has 1 unspecified atom stereocenters. The third kappa shape index (κ3) is 4.75. The lowest BCUT2D eigenvalue weighted by atomic mass is 10.0. The molecule has 0 aliphatic carbocycles. The predicted molar refractivity (Wildman–Crippen MR) is 122 cm³/mol. The van der Waals surface area contributed by atoms with E-state index in [2.05, 4.69) is 72.2 Å². The Bertz CT molecular complexity index is 1000. The predicted octanol–water partition coefficient (Wildman–Crippen LogP) is 6.50. The largest absolute Gasteiger partial charge is 0.280 e. The van der Waals surface area contributed by atoms with Crippen molar-refractivity contribution >= 4 is 11.6 Å². The summed E-state index contributed by atoms with van der Waals surface area (Å²) < 4.78 is 13.5. The van der Waals surface area contributed by atoms with Crippen LogP contribution >= 0.6 is 11.6 Å². The van der Waals surface area contributed by atoms with Gasteiger partial charge in [-0.1, -0.05) is 71.8 Å². The van der Waals surface area contributed by atoms with E-state index < -0.39 is 0 Å². The number of benzene rings is 3. The van der Waals surface area contributed by atoms with Gasteiger partial charge in [0.15, 0.2) is 0 Å². The van der Waals surface area contributed by atoms with E-state index in [4.69, 9.17) is 11.6 Å². The second-order valence-corrected chi connectivity index (χ2v) is 8.65. The minimum atomic E-state index is -0.293. The van der Waals surface area contributed by atoms with Crippen LogP contribution in [0.5, 0.6) is 0 Å². The smallest absolute Gasteiger partial charge is 0.124 e. The van der Waals surface area contributed by atoms with Crippen molar-refractivity contribution in [1.82, 2.24) is 9.80 Å². The summed E-state index contributed by atoms with van der Waals surface area (Å²) in [6, 6.07) is 22.1. The third-order valence-corrected chi connectivity index (χ3v) is 6.33. The van der Waals surface area contributed by atoms with E-state index in [0.29, 0.717) is 11.6 Å². The number of aryl methyl sites for hydroxylation is 2. The highest BCUT2D eigenvalue weighted by molar-refractivity contribution is 6.31. The fourth-order valence-corrected chi connectivity index (χ4v) is 4.55. The molecule has 1 aliphatic heterocycles. The van der Waals surface area contributed by atoms with Crippen molar-refractivity contribution in [3.8, 4) is 0 Å². The maximum absolute atomic E-state index is 13.5. The van der Waals surface area contributed by atoms with E-state index in [1.165, 1.54) is 34.4 Å². The molecule has 4 heteroatoms. The van der Waals surface area contributed by atoms with Gasteiger partial charge in [-0.05, 0) is 54.7 Å². The van der Waals surface area contributed by atoms with Crippen molar-refractivity contribution in [3.05, 3.63) is 105 Å². The normalized spacial score (nSPS) is 17.9. The number of halogens is 2. The molecule has 2 nitrogen and oxygen atoms in total. The zero-order valence-electron chi connectivity index (χ0n) is 17.6. The van der Waals surface area contributed by atoms with Gasteiger partial charge in [-0.25, -0.2) is 4.39 Å². The third-order valence-electron chi connectivity index (χ3n) is 5.98. The zero-order chi connectivity index (χ0) is 21.1. The monoisotopic (exact) mass is 422 g/mol. The Hall–Kier alpha value is -2.20. The molecule has 1 fully saturated rings. The minimum absolute atomic E-state index is 0.153. The summed E-state index contributed by atoms with van der Waals surface area (Å²) in [7, 11) is 0. The first kappa shape index (κ1) is 21.0. The van der Waals surface area contributed by atoms with Crippen LogP contribution in [0, 0.1) is 19.7 Å². The van der Waals surface area contributed by atoms with E-state index in [1.807, 2.05) is 6.07 Å². The van der Waals surface area contributed by atoms with Gasteiger partial charge >= 0.3 is 0 Å². The van der Waals surface area contributed by atoms with Crippen LogP contribution in [0.1, 0.15) is 40.4 Å². The maximum Gasteiger partial charge on any atom is 0.124 e. The van der Waals surface area contributed by atoms with Crippen molar-refractivity contribution in [1.29, 1.82) is 0 Å². The Labute approximate surface area is 183 Å². The van der Waals surface area contributed by atoms with Crippen molar-refractivity contribution < 1.29 is 4.39 Å². The summed E-state index contributed by atoms with van der Waals surface area (Å²) >= 11 is 6.37. The first-order valence-corrected chi connectivity index (χ1v) is 10.9. The van der Waals surface area contributed by atoms with Crippen LogP contribution in [0.4, 0.5) is 4.39 Å². The average molecular weight is 423 g/mol. The molecule has 1 atom stereocenters. The molecule has 1 saturated heterocycles. The summed E-state index contributed by atoms with van der Waals surface area (Å²) in [5, 5.41) is 0.494. The van der Waals surface area contributed by atoms with Gasteiger partial charge in [0.25, 0.3) is 0 Å². The Morgan fingerprint density at radius 3 is 2.20 bits per heavy atom. The highest BCUT2D eigenvalue weighted by Crippen LogP contribution is 2.33. The van der Waals surface area contributed by atoms with E-state index in [-0.39, 0.29) is 12.0 Å². The first-order valence-electron chi connectivity index (χ1n) is 10.5. The number of hydrogen-bond donors (Lipinski definition) is 0. The quantitative estimate of drug-likeness (QED) is 0.462. The molecular formula is C26H28ClFN2. The average Bonchev–Trinajstić information content (AvgIpc) is 2.73. The molecule has 1 aliphatic rings. The molecule has 0 N–H and O–H groups in total. The van der Waals surface area contributed by atoms with Crippen LogP contribution in [0.25, 0.3) is 0 Å². The molecule has 0 bridgehead atoms. The summed E-state index contributed by atoms with van der Waals surface area (Å²) in [6.45, 7) is 7.92. The van der Waals surface area contributed by atoms with Gasteiger partial charge in [0.05, 0.1) is 6.17 Å². The van der Waals surface area contributed by atoms with Gasteiger partial charge in [0.2, 0.25) is 0 Å². The van der Waals surface area contributed by atoms with Crippen LogP contribution in [-0.2, 0) is 13.1 Å². The van der Waals surface area contributed by atoms with Gasteiger partial charge < -0.3 is 0 Å². The summed E-state index contributed by atoms with van der Waals surface area (Å²) in [5.74, 6) is -0.293. The summed E-state index contributed by atoms with van der Waals surface area (Å²) in [5.41, 5.74) is 6.18. The topological polar surface area (TPSA) is 6.48 Å². The summed E-state index contributed by atoms with van der Waals surface area (Å²) in [4.78, 5) is 5.01. The van der Waals surface area contributed by atoms with Gasteiger partial charge in [-0.3, -0.25) is 9.80 Å². The molecule has 156 valence electrons. The zero-order valence-corrected chi connectivity index (χ0v) is 18.4. The molecule has 4 rings (SSSR count). The number of nitrogens with zero attached hydrogens (tertiary/aromatic N) is 2. The fraction of sp³-hybridized carbons (Fsp3) is 0.308. The molecule has 1 heterocycles. The van der Waals surface area contributed by atoms with E-state index in [9.17, 15) is 4.39 Å². The fourth-order valence-electron chi connectivity index (χ4n) is 4.32. The lowest BCUT2D eigenvalue weighted by Gasteiger charge is -2.44. The molecule has 3 aromatic carbocycles. The molecule has 0 radical (unpaired) electrons. The second-order valence-electron chi connectivity index (χ2n) is 8.24. The maximum atomic E-state index is 13.5. The van der Waals surface area contributed by atoms with Crippen LogP contribution in [-0.4, -0.2) is 22.9 Å². The Balaban J connectivity index is 1.67. The number of rotatable bonds is 5. The van der Waals surface area contributed by atoms with Crippen LogP contribution < -0.4 is 0 Å². The lowest BCUT2D eigenvalue weighted by Crippen LogP contribution is -2.47. The Kier molecular flexibility index (Phi) is 6.52. The Morgan fingerprint density at radius 1 is 0.867 bits per heavy atom. The first-order chi connectivity index (χ1) is 14.5. The van der Waals surface area contributed by atoms with Crippen molar-refractivity contribution in [2.75, 3.05) is 13.1 Å². The molecule has 0 aromatic heterocycles. The highest BCUT2D eigenvalue weighted by atomic mass is 35.5. The van der Waals surface area contributed by atoms with Gasteiger partial charge in [-0.2, -0.15) is 0 Å². The Morgan fingerprint density at radius 2 is 1.53 bits per heavy atom. The molecule has 30 heavy (non-hydrogen) atoms. The molecule has 0 amide bonds. The van der Waals surface area contributed by atoms with E-state index in [0.717, 1.165) is 31.6 Å². The summed E-state index contributed by atoms with van der Waals surface area (Å²) in [6.07, 6.45) is 1.24. The molecule has 3 aromatic rings. The molecular weight excluding hydrogens is 395 g/mol. The van der Waals surface area contributed by atoms with Crippen LogP contribution in [0.2, 0.25) is 5.02 Å². The van der Waals surface area contributed by atoms with Crippen LogP contribution in [0.15, 0.2) is 66.7 Å². The molecule has 0 saturated carbocycles. The minimum Gasteiger partial charge on any atom is -0.280 e. The second kappa shape index (κ2) is 9.30. The van der Waals surface area contributed by atoms with Crippen molar-refractivity contribution in [3.63, 3.8) is 0 Å². The van der Waals surface area contributed by atoms with Gasteiger partial charge in [0, 0.05) is 31.2 Å². The highest BCUT2D eigenvalue weighted by Gasteiger charge is 2.31. The standard InChI is InChI=1S/C26H28ClFN2/c1-19-8-10-21(11-9-19)26-29(17-22-7-4-3-6-20(22)2)14-5-15-30(26)18-23-12-13-24(28)16-25(23)27/h3-4,6-13,16,26H,5,14-15,17-18H2,1-2H3. The number of hydrogen-bond acceptors (Lipinski definition) is 2. The van der Waals surface area contributed by atoms with E-state index >= 15 is 0 Å². The lowest BCUT2D eigenvalue weighted by molar-refractivity contribution is -0.00918. The van der Waals surface area contributed by atoms with Crippen molar-refractivity contribution in [2.45, 2.75) is 39.5 Å². The molecule has 0 spiro atoms. The SMILES string of the molecule is Cc1ccc(C2N(Cc3ccccc3C)CCCN2Cc2ccc(F)cc2Cl)cc1. The van der Waals surface area contributed by atoms with E-state index in [1.54, 1.807) is 0 Å². The van der Waals surface area contributed by atoms with Crippen molar-refractivity contribution in [2.24, 2.45) is 0 Å². The van der Waals surface area contributed by atoms with Gasteiger partial charge in [0.1, 0.15) is 5.82 Å². The van der Waals surface area contributed by atoms with Gasteiger partial charge in [-0.15, -0.1) is 0 Å².